The second-order valence-electron chi connectivity index (χ2n) is 6.63. The van der Waals surface area contributed by atoms with E-state index in [2.05, 4.69) is 10.6 Å². The predicted octanol–water partition coefficient (Wildman–Crippen LogP) is 3.67. The summed E-state index contributed by atoms with van der Waals surface area (Å²) in [6, 6.07) is 12.9. The van der Waals surface area contributed by atoms with Gasteiger partial charge in [0.2, 0.25) is 0 Å². The molecule has 0 radical (unpaired) electrons. The van der Waals surface area contributed by atoms with Crippen molar-refractivity contribution in [2.45, 2.75) is 26.8 Å². The number of nitrogens with one attached hydrogen (secondary N) is 2. The predicted molar refractivity (Wildman–Crippen MR) is 96.9 cm³/mol. The van der Waals surface area contributed by atoms with E-state index in [1.165, 1.54) is 0 Å². The normalized spacial score (nSPS) is 17.4. The Balaban J connectivity index is 2.06. The summed E-state index contributed by atoms with van der Waals surface area (Å²) >= 11 is 0. The van der Waals surface area contributed by atoms with Crippen LogP contribution in [0.3, 0.4) is 0 Å². The summed E-state index contributed by atoms with van der Waals surface area (Å²) in [5, 5.41) is 7.59. The van der Waals surface area contributed by atoms with Crippen molar-refractivity contribution in [3.05, 3.63) is 59.3 Å². The highest BCUT2D eigenvalue weighted by Crippen LogP contribution is 2.32. The average molecular weight is 338 g/mol. The van der Waals surface area contributed by atoms with Gasteiger partial charge < -0.3 is 15.4 Å². The molecule has 25 heavy (non-hydrogen) atoms. The van der Waals surface area contributed by atoms with Crippen LogP contribution >= 0.6 is 0 Å². The van der Waals surface area contributed by atoms with E-state index < -0.39 is 12.0 Å². The summed E-state index contributed by atoms with van der Waals surface area (Å²) < 4.78 is 5.42. The fraction of sp³-hybridized carbons (Fsp3) is 0.300. The van der Waals surface area contributed by atoms with E-state index in [0.29, 0.717) is 17.9 Å². The fourth-order valence-electron chi connectivity index (χ4n) is 3.02. The molecule has 0 unspecified atom stereocenters. The van der Waals surface area contributed by atoms with Crippen molar-refractivity contribution in [1.29, 1.82) is 0 Å². The molecule has 0 fully saturated rings. The first-order valence-electron chi connectivity index (χ1n) is 8.40. The molecule has 3 rings (SSSR count). The fourth-order valence-corrected chi connectivity index (χ4v) is 3.02. The maximum Gasteiger partial charge on any atom is 0.338 e. The van der Waals surface area contributed by atoms with Gasteiger partial charge in [-0.3, -0.25) is 0 Å². The number of hydrogen-bond donors (Lipinski definition) is 2. The van der Waals surface area contributed by atoms with Crippen molar-refractivity contribution in [2.24, 2.45) is 5.92 Å². The molecule has 2 N–H and O–H groups in total. The van der Waals surface area contributed by atoms with Gasteiger partial charge in [0, 0.05) is 5.70 Å². The van der Waals surface area contributed by atoms with Crippen molar-refractivity contribution in [2.75, 3.05) is 6.61 Å². The van der Waals surface area contributed by atoms with Gasteiger partial charge in [-0.25, -0.2) is 9.59 Å². The van der Waals surface area contributed by atoms with Gasteiger partial charge in [-0.05, 0) is 29.2 Å². The van der Waals surface area contributed by atoms with Crippen LogP contribution in [-0.4, -0.2) is 18.6 Å². The molecule has 0 spiro atoms. The van der Waals surface area contributed by atoms with Gasteiger partial charge in [0.15, 0.2) is 0 Å². The number of esters is 1. The SMILES string of the molecule is CC1=C(C(=O)OCC(C)C)[C@H](c2cccc3ccccc23)NC(=O)N1. The maximum atomic E-state index is 12.7. The summed E-state index contributed by atoms with van der Waals surface area (Å²) in [5.41, 5.74) is 1.84. The van der Waals surface area contributed by atoms with Gasteiger partial charge in [-0.1, -0.05) is 56.3 Å². The number of benzene rings is 2. The lowest BCUT2D eigenvalue weighted by Gasteiger charge is -2.29. The first-order valence-corrected chi connectivity index (χ1v) is 8.40. The molecule has 2 aromatic rings. The molecule has 0 aromatic heterocycles. The molecule has 5 nitrogen and oxygen atoms in total. The molecular weight excluding hydrogens is 316 g/mol. The van der Waals surface area contributed by atoms with E-state index in [1.54, 1.807) is 6.92 Å². The third-order valence-corrected chi connectivity index (χ3v) is 4.17. The van der Waals surface area contributed by atoms with Crippen LogP contribution in [0, 0.1) is 5.92 Å². The topological polar surface area (TPSA) is 67.4 Å². The second kappa shape index (κ2) is 6.97. The van der Waals surface area contributed by atoms with Crippen LogP contribution in [0.25, 0.3) is 10.8 Å². The lowest BCUT2D eigenvalue weighted by molar-refractivity contribution is -0.140. The highest BCUT2D eigenvalue weighted by molar-refractivity contribution is 5.97. The third kappa shape index (κ3) is 3.50. The molecule has 0 saturated carbocycles. The number of urea groups is 1. The van der Waals surface area contributed by atoms with Crippen molar-refractivity contribution < 1.29 is 14.3 Å². The summed E-state index contributed by atoms with van der Waals surface area (Å²) in [5.74, 6) is -0.163. The highest BCUT2D eigenvalue weighted by Gasteiger charge is 2.33. The zero-order chi connectivity index (χ0) is 18.0. The Hall–Kier alpha value is -2.82. The van der Waals surface area contributed by atoms with Crippen LogP contribution in [0.4, 0.5) is 4.79 Å². The van der Waals surface area contributed by atoms with Crippen molar-refractivity contribution in [3.63, 3.8) is 0 Å². The zero-order valence-electron chi connectivity index (χ0n) is 14.6. The zero-order valence-corrected chi connectivity index (χ0v) is 14.6. The molecule has 5 heteroatoms. The minimum atomic E-state index is -0.542. The van der Waals surface area contributed by atoms with Crippen molar-refractivity contribution >= 4 is 22.8 Å². The maximum absolute atomic E-state index is 12.7. The molecule has 1 atom stereocenters. The standard InChI is InChI=1S/C20H22N2O3/c1-12(2)11-25-19(23)17-13(3)21-20(24)22-18(17)16-10-6-8-14-7-4-5-9-15(14)16/h4-10,12,18H,11H2,1-3H3,(H2,21,22,24)/t18-/m0/s1. The Kier molecular flexibility index (Phi) is 4.74. The lowest BCUT2D eigenvalue weighted by Crippen LogP contribution is -2.45. The van der Waals surface area contributed by atoms with Crippen molar-refractivity contribution in [3.8, 4) is 0 Å². The summed E-state index contributed by atoms with van der Waals surface area (Å²) in [6.45, 7) is 6.03. The summed E-state index contributed by atoms with van der Waals surface area (Å²) in [6.07, 6.45) is 0. The van der Waals surface area contributed by atoms with E-state index in [4.69, 9.17) is 4.74 Å². The lowest BCUT2D eigenvalue weighted by atomic mass is 9.91. The van der Waals surface area contributed by atoms with E-state index in [9.17, 15) is 9.59 Å². The minimum Gasteiger partial charge on any atom is -0.462 e. The molecule has 1 heterocycles. The molecule has 0 bridgehead atoms. The molecule has 1 aliphatic heterocycles. The number of amides is 2. The Morgan fingerprint density at radius 1 is 1.16 bits per heavy atom. The van der Waals surface area contributed by atoms with Gasteiger partial charge in [-0.15, -0.1) is 0 Å². The highest BCUT2D eigenvalue weighted by atomic mass is 16.5. The summed E-state index contributed by atoms with van der Waals surface area (Å²) in [4.78, 5) is 24.7. The van der Waals surface area contributed by atoms with Crippen LogP contribution in [-0.2, 0) is 9.53 Å². The van der Waals surface area contributed by atoms with Gasteiger partial charge in [-0.2, -0.15) is 0 Å². The Morgan fingerprint density at radius 3 is 2.64 bits per heavy atom. The van der Waals surface area contributed by atoms with E-state index in [0.717, 1.165) is 16.3 Å². The van der Waals surface area contributed by atoms with E-state index >= 15 is 0 Å². The Labute approximate surface area is 147 Å². The van der Waals surface area contributed by atoms with E-state index in [1.807, 2.05) is 56.3 Å². The first kappa shape index (κ1) is 17.0. The first-order chi connectivity index (χ1) is 12.0. The largest absolute Gasteiger partial charge is 0.462 e. The number of fused-ring (bicyclic) bond motifs is 1. The van der Waals surface area contributed by atoms with Gasteiger partial charge in [0.25, 0.3) is 0 Å². The molecule has 0 saturated heterocycles. The van der Waals surface area contributed by atoms with Gasteiger partial charge in [0.05, 0.1) is 18.2 Å². The molecule has 0 aliphatic carbocycles. The van der Waals surface area contributed by atoms with Crippen LogP contribution in [0.5, 0.6) is 0 Å². The number of ether oxygens (including phenoxy) is 1. The third-order valence-electron chi connectivity index (χ3n) is 4.17. The Bertz CT molecular complexity index is 850. The monoisotopic (exact) mass is 338 g/mol. The van der Waals surface area contributed by atoms with Crippen LogP contribution in [0.1, 0.15) is 32.4 Å². The summed E-state index contributed by atoms with van der Waals surface area (Å²) in [7, 11) is 0. The second-order valence-corrected chi connectivity index (χ2v) is 6.63. The average Bonchev–Trinajstić information content (AvgIpc) is 2.58. The van der Waals surface area contributed by atoms with Crippen LogP contribution in [0.2, 0.25) is 0 Å². The smallest absolute Gasteiger partial charge is 0.338 e. The Morgan fingerprint density at radius 2 is 1.88 bits per heavy atom. The number of carbonyl (C=O) groups is 2. The quantitative estimate of drug-likeness (QED) is 0.836. The molecule has 1 aliphatic rings. The molecular formula is C20H22N2O3. The molecule has 130 valence electrons. The number of carbonyl (C=O) groups excluding carboxylic acids is 2. The number of allylic oxidation sites excluding steroid dienone is 1. The van der Waals surface area contributed by atoms with Crippen LogP contribution < -0.4 is 10.6 Å². The van der Waals surface area contributed by atoms with E-state index in [-0.39, 0.29) is 11.9 Å². The van der Waals surface area contributed by atoms with Gasteiger partial charge in [0.1, 0.15) is 0 Å². The minimum absolute atomic E-state index is 0.243. The van der Waals surface area contributed by atoms with Gasteiger partial charge >= 0.3 is 12.0 Å². The van der Waals surface area contributed by atoms with Crippen LogP contribution in [0.15, 0.2) is 53.7 Å². The molecule has 2 aromatic carbocycles. The number of rotatable bonds is 4. The number of hydrogen-bond acceptors (Lipinski definition) is 3. The molecule has 2 amide bonds. The van der Waals surface area contributed by atoms with Crippen molar-refractivity contribution in [1.82, 2.24) is 10.6 Å².